The Kier molecular flexibility index (Phi) is 6.89. The highest BCUT2D eigenvalue weighted by Crippen LogP contribution is 2.24. The number of rotatable bonds is 8. The van der Waals surface area contributed by atoms with E-state index in [9.17, 15) is 0 Å². The van der Waals surface area contributed by atoms with E-state index in [1.165, 1.54) is 0 Å². The molecule has 0 aliphatic carbocycles. The molecule has 1 rings (SSSR count). The van der Waals surface area contributed by atoms with Gasteiger partial charge in [-0.3, -0.25) is 0 Å². The lowest BCUT2D eigenvalue weighted by atomic mass is 10.1. The Morgan fingerprint density at radius 1 is 1.16 bits per heavy atom. The van der Waals surface area contributed by atoms with Gasteiger partial charge in [0.2, 0.25) is 0 Å². The van der Waals surface area contributed by atoms with Gasteiger partial charge in [-0.1, -0.05) is 32.0 Å². The fraction of sp³-hybridized carbons (Fsp3) is 0.625. The van der Waals surface area contributed by atoms with Gasteiger partial charge in [-0.15, -0.1) is 0 Å². The lowest BCUT2D eigenvalue weighted by Gasteiger charge is -2.20. The Balaban J connectivity index is 2.55. The maximum absolute atomic E-state index is 6.20. The van der Waals surface area contributed by atoms with E-state index in [0.717, 1.165) is 17.7 Å². The van der Waals surface area contributed by atoms with Crippen molar-refractivity contribution < 1.29 is 9.47 Å². The summed E-state index contributed by atoms with van der Waals surface area (Å²) in [6.45, 7) is 9.64. The van der Waals surface area contributed by atoms with Crippen molar-refractivity contribution in [2.45, 2.75) is 46.3 Å². The topological polar surface area (TPSA) is 44.5 Å². The van der Waals surface area contributed by atoms with Gasteiger partial charge in [-0.2, -0.15) is 0 Å². The smallest absolute Gasteiger partial charge is 0.124 e. The highest BCUT2D eigenvalue weighted by atomic mass is 16.5. The van der Waals surface area contributed by atoms with Gasteiger partial charge >= 0.3 is 0 Å². The molecule has 2 unspecified atom stereocenters. The lowest BCUT2D eigenvalue weighted by molar-refractivity contribution is 0.0426. The fourth-order valence-corrected chi connectivity index (χ4v) is 2.16. The van der Waals surface area contributed by atoms with Gasteiger partial charge in [0.05, 0.1) is 25.4 Å². The molecule has 0 saturated heterocycles. The third-order valence-corrected chi connectivity index (χ3v) is 2.98. The molecule has 0 heterocycles. The highest BCUT2D eigenvalue weighted by Gasteiger charge is 2.14. The fourth-order valence-electron chi connectivity index (χ4n) is 2.16. The average Bonchev–Trinajstić information content (AvgIpc) is 2.36. The van der Waals surface area contributed by atoms with E-state index in [4.69, 9.17) is 15.2 Å². The van der Waals surface area contributed by atoms with Crippen molar-refractivity contribution >= 4 is 0 Å². The normalized spacial score (nSPS) is 14.4. The number of nitrogens with two attached hydrogens (primary N) is 1. The molecule has 0 aliphatic heterocycles. The van der Waals surface area contributed by atoms with Crippen molar-refractivity contribution in [1.82, 2.24) is 0 Å². The summed E-state index contributed by atoms with van der Waals surface area (Å²) >= 11 is 0. The van der Waals surface area contributed by atoms with Gasteiger partial charge in [-0.25, -0.2) is 0 Å². The molecule has 1 aromatic carbocycles. The van der Waals surface area contributed by atoms with Gasteiger partial charge in [0, 0.05) is 5.56 Å². The number of ether oxygens (including phenoxy) is 2. The van der Waals surface area contributed by atoms with Crippen LogP contribution >= 0.6 is 0 Å². The molecule has 2 atom stereocenters. The van der Waals surface area contributed by atoms with Crippen LogP contribution in [0.25, 0.3) is 0 Å². The second kappa shape index (κ2) is 8.18. The molecule has 0 fully saturated rings. The Bertz CT molecular complexity index is 366. The van der Waals surface area contributed by atoms with Gasteiger partial charge in [-0.05, 0) is 32.3 Å². The second-order valence-corrected chi connectivity index (χ2v) is 5.35. The molecule has 19 heavy (non-hydrogen) atoms. The summed E-state index contributed by atoms with van der Waals surface area (Å²) in [6, 6.07) is 7.76. The standard InChI is InChI=1S/C16H27NO2/c1-5-18-16-9-7-6-8-14(16)15(17)11-19-13(4)10-12(2)3/h6-9,12-13,15H,5,10-11,17H2,1-4H3. The van der Waals surface area contributed by atoms with Crippen LogP contribution in [-0.2, 0) is 4.74 Å². The largest absolute Gasteiger partial charge is 0.494 e. The van der Waals surface area contributed by atoms with Crippen molar-refractivity contribution in [3.63, 3.8) is 0 Å². The van der Waals surface area contributed by atoms with Crippen molar-refractivity contribution in [2.24, 2.45) is 11.7 Å². The summed E-state index contributed by atoms with van der Waals surface area (Å²) in [5.41, 5.74) is 7.22. The summed E-state index contributed by atoms with van der Waals surface area (Å²) in [7, 11) is 0. The zero-order chi connectivity index (χ0) is 14.3. The minimum atomic E-state index is -0.141. The molecular formula is C16H27NO2. The Morgan fingerprint density at radius 2 is 1.84 bits per heavy atom. The number of para-hydroxylation sites is 1. The van der Waals surface area contributed by atoms with E-state index in [2.05, 4.69) is 20.8 Å². The van der Waals surface area contributed by atoms with Crippen LogP contribution in [0.2, 0.25) is 0 Å². The van der Waals surface area contributed by atoms with Crippen molar-refractivity contribution in [2.75, 3.05) is 13.2 Å². The summed E-state index contributed by atoms with van der Waals surface area (Å²) in [5.74, 6) is 1.50. The summed E-state index contributed by atoms with van der Waals surface area (Å²) in [5, 5.41) is 0. The summed E-state index contributed by atoms with van der Waals surface area (Å²) < 4.78 is 11.4. The SMILES string of the molecule is CCOc1ccccc1C(N)COC(C)CC(C)C. The molecule has 0 bridgehead atoms. The van der Waals surface area contributed by atoms with Crippen LogP contribution in [0.5, 0.6) is 5.75 Å². The maximum atomic E-state index is 6.20. The van der Waals surface area contributed by atoms with Crippen LogP contribution in [0.15, 0.2) is 24.3 Å². The first-order chi connectivity index (χ1) is 9.04. The zero-order valence-electron chi connectivity index (χ0n) is 12.6. The van der Waals surface area contributed by atoms with E-state index in [-0.39, 0.29) is 12.1 Å². The zero-order valence-corrected chi connectivity index (χ0v) is 12.6. The Hall–Kier alpha value is -1.06. The van der Waals surface area contributed by atoms with E-state index < -0.39 is 0 Å². The minimum Gasteiger partial charge on any atom is -0.494 e. The molecule has 0 radical (unpaired) electrons. The van der Waals surface area contributed by atoms with Crippen molar-refractivity contribution in [3.8, 4) is 5.75 Å². The molecule has 2 N–H and O–H groups in total. The molecule has 0 aromatic heterocycles. The second-order valence-electron chi connectivity index (χ2n) is 5.35. The molecule has 0 aliphatic rings. The third kappa shape index (κ3) is 5.62. The number of benzene rings is 1. The van der Waals surface area contributed by atoms with E-state index >= 15 is 0 Å². The quantitative estimate of drug-likeness (QED) is 0.782. The molecule has 3 nitrogen and oxygen atoms in total. The number of hydrogen-bond donors (Lipinski definition) is 1. The predicted octanol–water partition coefficient (Wildman–Crippen LogP) is 3.54. The van der Waals surface area contributed by atoms with Crippen LogP contribution in [0.3, 0.4) is 0 Å². The van der Waals surface area contributed by atoms with E-state index in [1.807, 2.05) is 31.2 Å². The van der Waals surface area contributed by atoms with Crippen molar-refractivity contribution in [1.29, 1.82) is 0 Å². The highest BCUT2D eigenvalue weighted by molar-refractivity contribution is 5.35. The third-order valence-electron chi connectivity index (χ3n) is 2.98. The molecular weight excluding hydrogens is 238 g/mol. The first-order valence-electron chi connectivity index (χ1n) is 7.13. The minimum absolute atomic E-state index is 0.141. The molecule has 1 aromatic rings. The van der Waals surface area contributed by atoms with Crippen LogP contribution < -0.4 is 10.5 Å². The summed E-state index contributed by atoms with van der Waals surface area (Å²) in [4.78, 5) is 0. The Morgan fingerprint density at radius 3 is 2.47 bits per heavy atom. The molecule has 0 spiro atoms. The first-order valence-corrected chi connectivity index (χ1v) is 7.13. The van der Waals surface area contributed by atoms with Gasteiger partial charge in [0.1, 0.15) is 5.75 Å². The molecule has 0 saturated carbocycles. The van der Waals surface area contributed by atoms with Gasteiger partial charge in [0.25, 0.3) is 0 Å². The lowest BCUT2D eigenvalue weighted by Crippen LogP contribution is -2.22. The summed E-state index contributed by atoms with van der Waals surface area (Å²) in [6.07, 6.45) is 1.30. The average molecular weight is 265 g/mol. The van der Waals surface area contributed by atoms with E-state index in [1.54, 1.807) is 0 Å². The van der Waals surface area contributed by atoms with Gasteiger partial charge in [0.15, 0.2) is 0 Å². The maximum Gasteiger partial charge on any atom is 0.124 e. The van der Waals surface area contributed by atoms with Gasteiger partial charge < -0.3 is 15.2 Å². The first kappa shape index (κ1) is 16.0. The molecule has 0 amide bonds. The molecule has 3 heteroatoms. The predicted molar refractivity (Wildman–Crippen MR) is 79.4 cm³/mol. The molecule has 108 valence electrons. The van der Waals surface area contributed by atoms with Crippen LogP contribution in [0.4, 0.5) is 0 Å². The van der Waals surface area contributed by atoms with Crippen LogP contribution in [0.1, 0.15) is 45.7 Å². The Labute approximate surface area is 117 Å². The van der Waals surface area contributed by atoms with Crippen LogP contribution in [-0.4, -0.2) is 19.3 Å². The number of hydrogen-bond acceptors (Lipinski definition) is 3. The van der Waals surface area contributed by atoms with Crippen molar-refractivity contribution in [3.05, 3.63) is 29.8 Å². The van der Waals surface area contributed by atoms with E-state index in [0.29, 0.717) is 19.1 Å². The monoisotopic (exact) mass is 265 g/mol. The van der Waals surface area contributed by atoms with Crippen LogP contribution in [0, 0.1) is 5.92 Å².